The smallest absolute Gasteiger partial charge is 0.140 e. The second-order valence-corrected chi connectivity index (χ2v) is 7.14. The van der Waals surface area contributed by atoms with Gasteiger partial charge in [0.1, 0.15) is 9.92 Å². The molecule has 0 saturated carbocycles. The minimum atomic E-state index is -2.55. The second-order valence-electron chi connectivity index (χ2n) is 4.95. The van der Waals surface area contributed by atoms with Crippen LogP contribution in [-0.4, -0.2) is 27.6 Å². The van der Waals surface area contributed by atoms with Crippen molar-refractivity contribution in [3.8, 4) is 0 Å². The minimum Gasteiger partial charge on any atom is -0.399 e. The Labute approximate surface area is 123 Å². The number of anilines is 1. The van der Waals surface area contributed by atoms with Gasteiger partial charge in [-0.05, 0) is 44.0 Å². The highest BCUT2D eigenvalue weighted by molar-refractivity contribution is 7.91. The van der Waals surface area contributed by atoms with E-state index in [2.05, 4.69) is 18.2 Å². The van der Waals surface area contributed by atoms with Crippen LogP contribution in [0.1, 0.15) is 40.5 Å². The predicted octanol–water partition coefficient (Wildman–Crippen LogP) is 3.54. The molecule has 1 aromatic carbocycles. The van der Waals surface area contributed by atoms with Crippen LogP contribution < -0.4 is 5.73 Å². The van der Waals surface area contributed by atoms with Gasteiger partial charge in [-0.2, -0.15) is 0 Å². The molecule has 1 rings (SSSR count). The Morgan fingerprint density at radius 2 is 1.85 bits per heavy atom. The van der Waals surface area contributed by atoms with E-state index in [1.807, 2.05) is 30.3 Å². The number of nitrogens with two attached hydrogens (primary N) is 1. The number of hydrogen-bond acceptors (Lipinski definition) is 3. The number of rotatable bonds is 7. The van der Waals surface area contributed by atoms with Crippen molar-refractivity contribution in [2.45, 2.75) is 51.5 Å². The van der Waals surface area contributed by atoms with Gasteiger partial charge in [0, 0.05) is 18.8 Å². The van der Waals surface area contributed by atoms with Crippen molar-refractivity contribution in [3.05, 3.63) is 24.3 Å². The number of hydrogen-bond donors (Lipinski definition) is 1. The topological polar surface area (TPSA) is 58.7 Å². The van der Waals surface area contributed by atoms with E-state index < -0.39 is 9.92 Å². The molecule has 2 unspecified atom stereocenters. The fraction of sp³-hybridized carbons (Fsp3) is 0.600. The Kier molecular flexibility index (Phi) is 6.49. The third kappa shape index (κ3) is 3.96. The van der Waals surface area contributed by atoms with Gasteiger partial charge in [0.2, 0.25) is 0 Å². The second kappa shape index (κ2) is 7.64. The first-order valence-electron chi connectivity index (χ1n) is 7.34. The molecule has 0 saturated heterocycles. The van der Waals surface area contributed by atoms with E-state index >= 15 is 0 Å². The third-order valence-electron chi connectivity index (χ3n) is 3.28. The van der Waals surface area contributed by atoms with Gasteiger partial charge in [-0.25, -0.2) is 12.9 Å². The van der Waals surface area contributed by atoms with Crippen LogP contribution in [0.3, 0.4) is 0 Å². The van der Waals surface area contributed by atoms with Crippen molar-refractivity contribution in [2.24, 2.45) is 4.36 Å². The first-order valence-corrected chi connectivity index (χ1v) is 8.82. The van der Waals surface area contributed by atoms with E-state index in [1.54, 1.807) is 12.1 Å². The molecule has 0 radical (unpaired) electrons. The van der Waals surface area contributed by atoms with Gasteiger partial charge in [-0.3, -0.25) is 0 Å². The molecule has 0 amide bonds. The summed E-state index contributed by atoms with van der Waals surface area (Å²) >= 11 is 0. The van der Waals surface area contributed by atoms with Gasteiger partial charge < -0.3 is 5.73 Å². The normalized spacial score (nSPS) is 15.8. The van der Waals surface area contributed by atoms with E-state index in [9.17, 15) is 4.21 Å². The summed E-state index contributed by atoms with van der Waals surface area (Å²) in [6.45, 7) is 9.69. The van der Waals surface area contributed by atoms with Crippen molar-refractivity contribution in [1.82, 2.24) is 4.31 Å². The predicted molar refractivity (Wildman–Crippen MR) is 87.0 cm³/mol. The average molecular weight is 297 g/mol. The van der Waals surface area contributed by atoms with E-state index in [0.717, 1.165) is 30.8 Å². The molecule has 5 heteroatoms. The standard InChI is InChI=1S/C15H27N3OS/c1-5-12-18(7-3)20(19,17-13(4)6-2)15-10-8-14(16)9-11-15/h8-11,13H,5-7,12,16H2,1-4H3. The van der Waals surface area contributed by atoms with Gasteiger partial charge in [0.05, 0.1) is 10.9 Å². The molecular formula is C15H27N3OS. The van der Waals surface area contributed by atoms with Crippen molar-refractivity contribution in [1.29, 1.82) is 0 Å². The summed E-state index contributed by atoms with van der Waals surface area (Å²) in [6.07, 6.45) is 1.84. The van der Waals surface area contributed by atoms with E-state index in [-0.39, 0.29) is 6.04 Å². The summed E-state index contributed by atoms with van der Waals surface area (Å²) in [5, 5.41) is 0. The molecule has 0 fully saturated rings. The Hall–Kier alpha value is -1.07. The van der Waals surface area contributed by atoms with Gasteiger partial charge in [0.25, 0.3) is 0 Å². The van der Waals surface area contributed by atoms with Gasteiger partial charge in [0.15, 0.2) is 0 Å². The lowest BCUT2D eigenvalue weighted by Gasteiger charge is -2.25. The molecular weight excluding hydrogens is 270 g/mol. The summed E-state index contributed by atoms with van der Waals surface area (Å²) in [5.74, 6) is 0. The molecule has 114 valence electrons. The van der Waals surface area contributed by atoms with E-state index in [4.69, 9.17) is 5.73 Å². The summed E-state index contributed by atoms with van der Waals surface area (Å²) < 4.78 is 20.1. The molecule has 0 heterocycles. The maximum absolute atomic E-state index is 13.5. The lowest BCUT2D eigenvalue weighted by Crippen LogP contribution is -2.32. The number of nitrogens with zero attached hydrogens (tertiary/aromatic N) is 2. The number of nitrogen functional groups attached to an aromatic ring is 1. The lowest BCUT2D eigenvalue weighted by molar-refractivity contribution is 0.455. The molecule has 0 aliphatic heterocycles. The molecule has 0 spiro atoms. The van der Waals surface area contributed by atoms with Crippen LogP contribution in [0.15, 0.2) is 33.5 Å². The third-order valence-corrected chi connectivity index (χ3v) is 5.95. The Morgan fingerprint density at radius 3 is 2.30 bits per heavy atom. The van der Waals surface area contributed by atoms with Crippen LogP contribution in [0.5, 0.6) is 0 Å². The SMILES string of the molecule is CCCN(CC)S(=O)(=NC(C)CC)c1ccc(N)cc1. The summed E-state index contributed by atoms with van der Waals surface area (Å²) in [6, 6.07) is 7.33. The van der Waals surface area contributed by atoms with Gasteiger partial charge >= 0.3 is 0 Å². The van der Waals surface area contributed by atoms with Crippen molar-refractivity contribution in [2.75, 3.05) is 18.8 Å². The first kappa shape index (κ1) is 17.0. The summed E-state index contributed by atoms with van der Waals surface area (Å²) in [4.78, 5) is 0.752. The monoisotopic (exact) mass is 297 g/mol. The number of benzene rings is 1. The Balaban J connectivity index is 3.37. The lowest BCUT2D eigenvalue weighted by atomic mass is 10.3. The van der Waals surface area contributed by atoms with Crippen LogP contribution in [-0.2, 0) is 9.92 Å². The fourth-order valence-corrected chi connectivity index (χ4v) is 4.41. The van der Waals surface area contributed by atoms with Crippen molar-refractivity contribution in [3.63, 3.8) is 0 Å². The molecule has 20 heavy (non-hydrogen) atoms. The molecule has 2 atom stereocenters. The zero-order chi connectivity index (χ0) is 15.2. The van der Waals surface area contributed by atoms with Gasteiger partial charge in [-0.1, -0.05) is 20.8 Å². The van der Waals surface area contributed by atoms with Crippen LogP contribution in [0.25, 0.3) is 0 Å². The van der Waals surface area contributed by atoms with Crippen molar-refractivity contribution < 1.29 is 4.21 Å². The molecule has 4 nitrogen and oxygen atoms in total. The Morgan fingerprint density at radius 1 is 1.25 bits per heavy atom. The molecule has 0 aliphatic carbocycles. The highest BCUT2D eigenvalue weighted by atomic mass is 32.2. The first-order chi connectivity index (χ1) is 9.47. The molecule has 1 aromatic rings. The van der Waals surface area contributed by atoms with Crippen molar-refractivity contribution >= 4 is 15.6 Å². The largest absolute Gasteiger partial charge is 0.399 e. The summed E-state index contributed by atoms with van der Waals surface area (Å²) in [5.41, 5.74) is 6.41. The Bertz CT molecular complexity index is 518. The van der Waals surface area contributed by atoms with Crippen LogP contribution in [0, 0.1) is 0 Å². The van der Waals surface area contributed by atoms with Crippen LogP contribution in [0.2, 0.25) is 0 Å². The van der Waals surface area contributed by atoms with Crippen LogP contribution in [0.4, 0.5) is 5.69 Å². The van der Waals surface area contributed by atoms with E-state index in [1.165, 1.54) is 0 Å². The fourth-order valence-electron chi connectivity index (χ4n) is 1.95. The van der Waals surface area contributed by atoms with E-state index in [0.29, 0.717) is 5.69 Å². The molecule has 2 N–H and O–H groups in total. The quantitative estimate of drug-likeness (QED) is 0.783. The van der Waals surface area contributed by atoms with Crippen LogP contribution >= 0.6 is 0 Å². The van der Waals surface area contributed by atoms with Gasteiger partial charge in [-0.15, -0.1) is 0 Å². The zero-order valence-corrected chi connectivity index (χ0v) is 13.8. The highest BCUT2D eigenvalue weighted by Gasteiger charge is 2.21. The molecule has 0 aromatic heterocycles. The maximum Gasteiger partial charge on any atom is 0.140 e. The molecule has 0 bridgehead atoms. The average Bonchev–Trinajstić information content (AvgIpc) is 2.44. The zero-order valence-electron chi connectivity index (χ0n) is 13.0. The molecule has 0 aliphatic rings. The maximum atomic E-state index is 13.5. The summed E-state index contributed by atoms with van der Waals surface area (Å²) in [7, 11) is -2.55. The highest BCUT2D eigenvalue weighted by Crippen LogP contribution is 2.22. The minimum absolute atomic E-state index is 0.0750.